The van der Waals surface area contributed by atoms with Crippen LogP contribution in [0.5, 0.6) is 5.75 Å². The zero-order valence-electron chi connectivity index (χ0n) is 12.8. The Morgan fingerprint density at radius 2 is 1.40 bits per heavy atom. The first kappa shape index (κ1) is 17.2. The number of hydrogen-bond donors (Lipinski definition) is 1. The van der Waals surface area contributed by atoms with Gasteiger partial charge in [-0.25, -0.2) is 0 Å². The number of benzene rings is 1. The normalized spacial score (nSPS) is 10.7. The van der Waals surface area contributed by atoms with Crippen LogP contribution in [-0.2, 0) is 0 Å². The lowest BCUT2D eigenvalue weighted by Gasteiger charge is -2.06. The average Bonchev–Trinajstić information content (AvgIpc) is 2.47. The van der Waals surface area contributed by atoms with Gasteiger partial charge in [-0.2, -0.15) is 11.8 Å². The fourth-order valence-electron chi connectivity index (χ4n) is 2.16. The van der Waals surface area contributed by atoms with Gasteiger partial charge in [0.2, 0.25) is 0 Å². The fourth-order valence-corrected chi connectivity index (χ4v) is 2.66. The molecule has 3 heteroatoms. The van der Waals surface area contributed by atoms with E-state index in [2.05, 4.69) is 6.26 Å². The highest BCUT2D eigenvalue weighted by Crippen LogP contribution is 2.14. The predicted molar refractivity (Wildman–Crippen MR) is 91.7 cm³/mol. The number of nitrogens with two attached hydrogens (primary N) is 1. The Morgan fingerprint density at radius 1 is 0.850 bits per heavy atom. The zero-order chi connectivity index (χ0) is 14.5. The smallest absolute Gasteiger partial charge is 0.119 e. The van der Waals surface area contributed by atoms with Crippen molar-refractivity contribution in [3.63, 3.8) is 0 Å². The highest BCUT2D eigenvalue weighted by molar-refractivity contribution is 7.98. The first-order chi connectivity index (χ1) is 9.83. The van der Waals surface area contributed by atoms with E-state index in [0.717, 1.165) is 24.5 Å². The molecule has 0 saturated heterocycles. The van der Waals surface area contributed by atoms with E-state index in [1.165, 1.54) is 50.7 Å². The second kappa shape index (κ2) is 12.0. The predicted octanol–water partition coefficient (Wildman–Crippen LogP) is 5.13. The van der Waals surface area contributed by atoms with E-state index in [1.54, 1.807) is 0 Å². The third-order valence-electron chi connectivity index (χ3n) is 3.39. The van der Waals surface area contributed by atoms with Crippen molar-refractivity contribution in [3.05, 3.63) is 24.3 Å². The third-order valence-corrected chi connectivity index (χ3v) is 4.09. The van der Waals surface area contributed by atoms with Gasteiger partial charge < -0.3 is 10.5 Å². The number of unbranched alkanes of at least 4 members (excludes halogenated alkanes) is 7. The van der Waals surface area contributed by atoms with E-state index in [4.69, 9.17) is 10.5 Å². The van der Waals surface area contributed by atoms with Crippen LogP contribution in [0.25, 0.3) is 0 Å². The molecule has 0 fully saturated rings. The number of ether oxygens (including phenoxy) is 1. The summed E-state index contributed by atoms with van der Waals surface area (Å²) < 4.78 is 5.68. The molecule has 0 aliphatic carbocycles. The van der Waals surface area contributed by atoms with E-state index in [0.29, 0.717) is 0 Å². The molecule has 0 heterocycles. The number of anilines is 1. The summed E-state index contributed by atoms with van der Waals surface area (Å²) in [6, 6.07) is 7.63. The van der Waals surface area contributed by atoms with Crippen molar-refractivity contribution in [2.24, 2.45) is 0 Å². The van der Waals surface area contributed by atoms with Crippen LogP contribution in [0.4, 0.5) is 5.69 Å². The van der Waals surface area contributed by atoms with Gasteiger partial charge in [0.25, 0.3) is 0 Å². The summed E-state index contributed by atoms with van der Waals surface area (Å²) in [6.07, 6.45) is 12.9. The van der Waals surface area contributed by atoms with Crippen LogP contribution in [0.2, 0.25) is 0 Å². The van der Waals surface area contributed by atoms with Crippen LogP contribution >= 0.6 is 11.8 Å². The Bertz CT molecular complexity index is 326. The molecule has 1 aromatic carbocycles. The van der Waals surface area contributed by atoms with Gasteiger partial charge in [-0.15, -0.1) is 0 Å². The molecule has 0 atom stereocenters. The topological polar surface area (TPSA) is 35.2 Å². The van der Waals surface area contributed by atoms with Gasteiger partial charge in [-0.05, 0) is 49.1 Å². The molecule has 0 spiro atoms. The van der Waals surface area contributed by atoms with Crippen molar-refractivity contribution in [3.8, 4) is 5.75 Å². The number of hydrogen-bond acceptors (Lipinski definition) is 3. The summed E-state index contributed by atoms with van der Waals surface area (Å²) in [4.78, 5) is 0. The van der Waals surface area contributed by atoms with Crippen molar-refractivity contribution >= 4 is 17.4 Å². The van der Waals surface area contributed by atoms with Crippen LogP contribution in [0, 0.1) is 0 Å². The molecule has 0 amide bonds. The van der Waals surface area contributed by atoms with Gasteiger partial charge in [-0.1, -0.05) is 38.5 Å². The van der Waals surface area contributed by atoms with E-state index < -0.39 is 0 Å². The van der Waals surface area contributed by atoms with E-state index in [1.807, 2.05) is 36.0 Å². The molecule has 0 radical (unpaired) electrons. The molecular weight excluding hydrogens is 266 g/mol. The summed E-state index contributed by atoms with van der Waals surface area (Å²) in [6.45, 7) is 0.817. The van der Waals surface area contributed by atoms with Gasteiger partial charge >= 0.3 is 0 Å². The summed E-state index contributed by atoms with van der Waals surface area (Å²) in [7, 11) is 0. The summed E-state index contributed by atoms with van der Waals surface area (Å²) in [5.74, 6) is 2.25. The molecule has 0 saturated carbocycles. The molecule has 0 aliphatic heterocycles. The molecular formula is C17H29NOS. The third kappa shape index (κ3) is 9.13. The van der Waals surface area contributed by atoms with Crippen molar-refractivity contribution in [2.75, 3.05) is 24.3 Å². The van der Waals surface area contributed by atoms with Crippen LogP contribution in [-0.4, -0.2) is 18.6 Å². The Labute approximate surface area is 128 Å². The van der Waals surface area contributed by atoms with Crippen molar-refractivity contribution in [1.82, 2.24) is 0 Å². The van der Waals surface area contributed by atoms with Crippen LogP contribution in [0.15, 0.2) is 24.3 Å². The lowest BCUT2D eigenvalue weighted by Crippen LogP contribution is -1.97. The lowest BCUT2D eigenvalue weighted by atomic mass is 10.1. The van der Waals surface area contributed by atoms with Crippen LogP contribution in [0.1, 0.15) is 51.4 Å². The van der Waals surface area contributed by atoms with Gasteiger partial charge in [0.05, 0.1) is 6.61 Å². The minimum Gasteiger partial charge on any atom is -0.494 e. The van der Waals surface area contributed by atoms with Gasteiger partial charge in [-0.3, -0.25) is 0 Å². The number of thioether (sulfide) groups is 1. The maximum Gasteiger partial charge on any atom is 0.119 e. The Morgan fingerprint density at radius 3 is 2.00 bits per heavy atom. The molecule has 1 rings (SSSR count). The Hall–Kier alpha value is -0.830. The summed E-state index contributed by atoms with van der Waals surface area (Å²) in [5.41, 5.74) is 6.42. The maximum absolute atomic E-state index is 5.68. The summed E-state index contributed by atoms with van der Waals surface area (Å²) in [5, 5.41) is 0. The van der Waals surface area contributed by atoms with Crippen molar-refractivity contribution in [1.29, 1.82) is 0 Å². The van der Waals surface area contributed by atoms with Crippen molar-refractivity contribution in [2.45, 2.75) is 51.4 Å². The molecule has 2 N–H and O–H groups in total. The molecule has 114 valence electrons. The molecule has 0 aliphatic rings. The second-order valence-corrected chi connectivity index (χ2v) is 6.22. The fraction of sp³-hybridized carbons (Fsp3) is 0.647. The van der Waals surface area contributed by atoms with Crippen molar-refractivity contribution < 1.29 is 4.74 Å². The Balaban J connectivity index is 1.84. The van der Waals surface area contributed by atoms with Crippen LogP contribution in [0.3, 0.4) is 0 Å². The monoisotopic (exact) mass is 295 g/mol. The van der Waals surface area contributed by atoms with E-state index in [9.17, 15) is 0 Å². The maximum atomic E-state index is 5.68. The largest absolute Gasteiger partial charge is 0.494 e. The van der Waals surface area contributed by atoms with Gasteiger partial charge in [0, 0.05) is 5.69 Å². The minimum absolute atomic E-state index is 0.787. The average molecular weight is 295 g/mol. The lowest BCUT2D eigenvalue weighted by molar-refractivity contribution is 0.304. The number of rotatable bonds is 12. The number of nitrogen functional groups attached to an aromatic ring is 1. The standard InChI is InChI=1S/C17H29NOS/c1-20-15-9-7-5-3-2-4-6-8-14-19-17-12-10-16(18)11-13-17/h10-13H,2-9,14-15,18H2,1H3. The molecule has 20 heavy (non-hydrogen) atoms. The van der Waals surface area contributed by atoms with Gasteiger partial charge in [0.15, 0.2) is 0 Å². The SMILES string of the molecule is CSCCCCCCCCCCOc1ccc(N)cc1. The quantitative estimate of drug-likeness (QED) is 0.429. The van der Waals surface area contributed by atoms with E-state index in [-0.39, 0.29) is 0 Å². The molecule has 0 bridgehead atoms. The Kier molecular flexibility index (Phi) is 10.3. The second-order valence-electron chi connectivity index (χ2n) is 5.24. The molecule has 0 aromatic heterocycles. The van der Waals surface area contributed by atoms with Crippen LogP contribution < -0.4 is 10.5 Å². The molecule has 1 aromatic rings. The molecule has 0 unspecified atom stereocenters. The zero-order valence-corrected chi connectivity index (χ0v) is 13.6. The highest BCUT2D eigenvalue weighted by Gasteiger charge is 1.95. The highest BCUT2D eigenvalue weighted by atomic mass is 32.2. The van der Waals surface area contributed by atoms with E-state index >= 15 is 0 Å². The first-order valence-corrected chi connectivity index (χ1v) is 9.19. The minimum atomic E-state index is 0.787. The first-order valence-electron chi connectivity index (χ1n) is 7.80. The summed E-state index contributed by atoms with van der Waals surface area (Å²) >= 11 is 1.96. The van der Waals surface area contributed by atoms with Gasteiger partial charge in [0.1, 0.15) is 5.75 Å². The molecule has 2 nitrogen and oxygen atoms in total.